The van der Waals surface area contributed by atoms with Crippen molar-refractivity contribution in [2.45, 2.75) is 52.4 Å². The predicted octanol–water partition coefficient (Wildman–Crippen LogP) is 6.94. The number of amides is 1. The number of carbonyl (C=O) groups is 2. The monoisotopic (exact) mass is 574 g/mol. The van der Waals surface area contributed by atoms with E-state index in [2.05, 4.69) is 10.2 Å². The number of nitrogens with zero attached hydrogens (tertiary/aromatic N) is 1. The van der Waals surface area contributed by atoms with E-state index in [9.17, 15) is 9.59 Å². The molecule has 1 amide bonds. The van der Waals surface area contributed by atoms with Gasteiger partial charge in [0.2, 0.25) is 0 Å². The molecule has 1 aliphatic rings. The van der Waals surface area contributed by atoms with Crippen LogP contribution in [0.2, 0.25) is 0 Å². The minimum absolute atomic E-state index is 0.0356. The number of fused-ring (bicyclic) bond motifs is 2. The number of para-hydroxylation sites is 1. The zero-order chi connectivity index (χ0) is 30.0. The summed E-state index contributed by atoms with van der Waals surface area (Å²) in [6, 6.07) is 16.5. The second-order valence-electron chi connectivity index (χ2n) is 11.3. The van der Waals surface area contributed by atoms with Gasteiger partial charge in [-0.2, -0.15) is 0 Å². The fraction of sp³-hybridized carbons (Fsp3) is 0.333. The van der Waals surface area contributed by atoms with Crippen molar-refractivity contribution in [3.05, 3.63) is 83.4 Å². The smallest absolute Gasteiger partial charge is 0.407 e. The van der Waals surface area contributed by atoms with E-state index in [0.717, 1.165) is 22.2 Å². The molecule has 1 atom stereocenters. The molecule has 0 radical (unpaired) electrons. The quantitative estimate of drug-likeness (QED) is 0.239. The van der Waals surface area contributed by atoms with Crippen molar-refractivity contribution in [2.24, 2.45) is 0 Å². The van der Waals surface area contributed by atoms with Crippen molar-refractivity contribution < 1.29 is 32.6 Å². The molecule has 0 saturated heterocycles. The van der Waals surface area contributed by atoms with E-state index in [0.29, 0.717) is 41.2 Å². The van der Waals surface area contributed by atoms with Gasteiger partial charge in [-0.15, -0.1) is 0 Å². The number of hydrogen-bond donors (Lipinski definition) is 1. The number of carbonyl (C=O) groups excluding carboxylic acids is 2. The van der Waals surface area contributed by atoms with Crippen molar-refractivity contribution in [3.63, 3.8) is 0 Å². The van der Waals surface area contributed by atoms with Crippen molar-refractivity contribution in [1.29, 1.82) is 0 Å². The third kappa shape index (κ3) is 6.20. The van der Waals surface area contributed by atoms with E-state index >= 15 is 4.39 Å². The maximum Gasteiger partial charge on any atom is 0.407 e. The van der Waals surface area contributed by atoms with Crippen LogP contribution in [0.4, 0.5) is 14.9 Å². The highest BCUT2D eigenvalue weighted by atomic mass is 19.1. The minimum atomic E-state index is -0.662. The molecular formula is C33H35FN2O6. The van der Waals surface area contributed by atoms with Gasteiger partial charge in [0.1, 0.15) is 28.9 Å². The van der Waals surface area contributed by atoms with E-state index < -0.39 is 23.6 Å². The van der Waals surface area contributed by atoms with Gasteiger partial charge in [0.25, 0.3) is 0 Å². The minimum Gasteiger partial charge on any atom is -0.481 e. The Balaban J connectivity index is 1.48. The lowest BCUT2D eigenvalue weighted by Crippen LogP contribution is -2.32. The van der Waals surface area contributed by atoms with Crippen LogP contribution in [0.1, 0.15) is 50.5 Å². The Hall–Kier alpha value is -4.53. The number of benzene rings is 3. The summed E-state index contributed by atoms with van der Waals surface area (Å²) < 4.78 is 38.7. The van der Waals surface area contributed by atoms with Gasteiger partial charge < -0.3 is 28.8 Å². The van der Waals surface area contributed by atoms with Gasteiger partial charge in [-0.25, -0.2) is 9.18 Å². The molecule has 0 saturated carbocycles. The van der Waals surface area contributed by atoms with E-state index in [1.807, 2.05) is 43.4 Å². The number of ether oxygens (including phenoxy) is 3. The van der Waals surface area contributed by atoms with Crippen molar-refractivity contribution in [1.82, 2.24) is 5.32 Å². The second-order valence-corrected chi connectivity index (χ2v) is 11.3. The van der Waals surface area contributed by atoms with Crippen LogP contribution >= 0.6 is 0 Å². The molecule has 8 nitrogen and oxygen atoms in total. The van der Waals surface area contributed by atoms with Crippen molar-refractivity contribution in [3.8, 4) is 16.9 Å². The van der Waals surface area contributed by atoms with E-state index in [1.54, 1.807) is 52.2 Å². The number of furan rings is 1. The van der Waals surface area contributed by atoms with Crippen molar-refractivity contribution >= 4 is 28.7 Å². The molecule has 0 aliphatic carbocycles. The molecule has 42 heavy (non-hydrogen) atoms. The molecular weight excluding hydrogens is 539 g/mol. The van der Waals surface area contributed by atoms with Crippen LogP contribution < -0.4 is 15.0 Å². The Morgan fingerprint density at radius 1 is 1.07 bits per heavy atom. The summed E-state index contributed by atoms with van der Waals surface area (Å²) in [7, 11) is 1.97. The number of rotatable bonds is 7. The molecule has 5 rings (SSSR count). The lowest BCUT2D eigenvalue weighted by molar-refractivity contribution is -0.142. The van der Waals surface area contributed by atoms with Crippen molar-refractivity contribution in [2.75, 3.05) is 25.1 Å². The van der Waals surface area contributed by atoms with Gasteiger partial charge in [-0.3, -0.25) is 4.79 Å². The number of esters is 1. The molecule has 0 spiro atoms. The van der Waals surface area contributed by atoms with Gasteiger partial charge in [-0.05, 0) is 57.5 Å². The molecule has 0 bridgehead atoms. The molecule has 220 valence electrons. The number of anilines is 1. The SMILES string of the molecule is CCOC(=O)Cc1cccc2c1O[C@H](c1cc(-c3cccc(CNC(=O)OC(C)(C)C)c3F)c3occc3c1)CN2C. The van der Waals surface area contributed by atoms with Gasteiger partial charge in [0.15, 0.2) is 0 Å². The lowest BCUT2D eigenvalue weighted by Gasteiger charge is -2.35. The Kier molecular flexibility index (Phi) is 8.11. The van der Waals surface area contributed by atoms with Crippen LogP contribution in [0, 0.1) is 5.82 Å². The first-order valence-electron chi connectivity index (χ1n) is 13.9. The summed E-state index contributed by atoms with van der Waals surface area (Å²) in [5.74, 6) is -0.162. The Morgan fingerprint density at radius 3 is 2.60 bits per heavy atom. The first-order chi connectivity index (χ1) is 20.0. The Morgan fingerprint density at radius 2 is 1.83 bits per heavy atom. The summed E-state index contributed by atoms with van der Waals surface area (Å²) in [5, 5.41) is 3.43. The highest BCUT2D eigenvalue weighted by molar-refractivity contribution is 5.93. The van der Waals surface area contributed by atoms with E-state index in [-0.39, 0.29) is 18.9 Å². The fourth-order valence-corrected chi connectivity index (χ4v) is 5.11. The van der Waals surface area contributed by atoms with Crippen LogP contribution in [-0.4, -0.2) is 37.9 Å². The summed E-state index contributed by atoms with van der Waals surface area (Å²) in [6.45, 7) is 7.89. The van der Waals surface area contributed by atoms with Gasteiger partial charge in [0.05, 0.1) is 31.5 Å². The maximum atomic E-state index is 15.9. The molecule has 1 N–H and O–H groups in total. The first-order valence-corrected chi connectivity index (χ1v) is 13.9. The average molecular weight is 575 g/mol. The van der Waals surface area contributed by atoms with Gasteiger partial charge >= 0.3 is 12.1 Å². The van der Waals surface area contributed by atoms with Crippen LogP contribution in [-0.2, 0) is 27.2 Å². The van der Waals surface area contributed by atoms with Crippen LogP contribution in [0.25, 0.3) is 22.1 Å². The molecule has 4 aromatic rings. The average Bonchev–Trinajstić information content (AvgIpc) is 3.41. The standard InChI is InChI=1S/C33H35FN2O6/c1-6-39-28(37)17-20-9-8-12-26-31(20)41-27(19-36(26)5)23-15-21-13-14-40-30(21)25(16-23)24-11-7-10-22(29(24)34)18-35-32(38)42-33(2,3)4/h7-16,27H,6,17-19H2,1-5H3,(H,35,38)/t27-/m0/s1. The number of likely N-dealkylation sites (N-methyl/N-ethyl adjacent to an activating group) is 1. The topological polar surface area (TPSA) is 90.2 Å². The highest BCUT2D eigenvalue weighted by Gasteiger charge is 2.29. The third-order valence-corrected chi connectivity index (χ3v) is 6.96. The summed E-state index contributed by atoms with van der Waals surface area (Å²) >= 11 is 0. The number of nitrogens with one attached hydrogen (secondary N) is 1. The Bertz CT molecular complexity index is 1620. The molecule has 2 heterocycles. The summed E-state index contributed by atoms with van der Waals surface area (Å²) in [6.07, 6.45) is 0.649. The van der Waals surface area contributed by atoms with E-state index in [4.69, 9.17) is 18.6 Å². The van der Waals surface area contributed by atoms with Crippen LogP contribution in [0.3, 0.4) is 0 Å². The molecule has 1 aromatic heterocycles. The summed E-state index contributed by atoms with van der Waals surface area (Å²) in [5.41, 5.74) is 3.56. The number of alkyl carbamates (subject to hydrolysis) is 1. The normalized spacial score (nSPS) is 14.7. The molecule has 0 fully saturated rings. The number of halogens is 1. The molecule has 0 unspecified atom stereocenters. The zero-order valence-electron chi connectivity index (χ0n) is 24.5. The largest absolute Gasteiger partial charge is 0.481 e. The fourth-order valence-electron chi connectivity index (χ4n) is 5.11. The Labute approximate surface area is 244 Å². The zero-order valence-corrected chi connectivity index (χ0v) is 24.5. The second kappa shape index (κ2) is 11.8. The first kappa shape index (κ1) is 29.0. The highest BCUT2D eigenvalue weighted by Crippen LogP contribution is 2.42. The van der Waals surface area contributed by atoms with Crippen LogP contribution in [0.15, 0.2) is 65.3 Å². The van der Waals surface area contributed by atoms with Gasteiger partial charge in [-0.1, -0.05) is 30.3 Å². The third-order valence-electron chi connectivity index (χ3n) is 6.96. The lowest BCUT2D eigenvalue weighted by atomic mass is 9.95. The van der Waals surface area contributed by atoms with E-state index in [1.165, 1.54) is 0 Å². The number of hydrogen-bond acceptors (Lipinski definition) is 7. The maximum absolute atomic E-state index is 15.9. The molecule has 3 aromatic carbocycles. The molecule has 9 heteroatoms. The van der Waals surface area contributed by atoms with Gasteiger partial charge in [0, 0.05) is 41.2 Å². The molecule has 1 aliphatic heterocycles. The predicted molar refractivity (Wildman–Crippen MR) is 158 cm³/mol. The summed E-state index contributed by atoms with van der Waals surface area (Å²) in [4.78, 5) is 26.5. The van der Waals surface area contributed by atoms with Crippen LogP contribution in [0.5, 0.6) is 5.75 Å².